The molecule has 0 atom stereocenters. The summed E-state index contributed by atoms with van der Waals surface area (Å²) in [5, 5.41) is 0. The van der Waals surface area contributed by atoms with Crippen LogP contribution in [0.5, 0.6) is 5.75 Å². The highest BCUT2D eigenvalue weighted by Crippen LogP contribution is 2.16. The van der Waals surface area contributed by atoms with Gasteiger partial charge in [-0.1, -0.05) is 6.92 Å². The fourth-order valence-electron chi connectivity index (χ4n) is 1.21. The lowest BCUT2D eigenvalue weighted by atomic mass is 10.3. The van der Waals surface area contributed by atoms with Gasteiger partial charge in [0.05, 0.1) is 6.61 Å². The van der Waals surface area contributed by atoms with Crippen molar-refractivity contribution in [3.05, 3.63) is 24.3 Å². The van der Waals surface area contributed by atoms with Crippen LogP contribution in [0, 0.1) is 0 Å². The van der Waals surface area contributed by atoms with E-state index in [1.807, 2.05) is 13.8 Å². The molecule has 0 spiro atoms. The largest absolute Gasteiger partial charge is 0.494 e. The van der Waals surface area contributed by atoms with E-state index in [0.29, 0.717) is 18.8 Å². The SMILES string of the molecule is CCCNS(=O)(=O)Nc1ccc(OCC)cc1. The molecule has 17 heavy (non-hydrogen) atoms. The van der Waals surface area contributed by atoms with Gasteiger partial charge < -0.3 is 4.74 Å². The lowest BCUT2D eigenvalue weighted by Gasteiger charge is -2.09. The normalized spacial score (nSPS) is 11.2. The number of hydrogen-bond acceptors (Lipinski definition) is 3. The van der Waals surface area contributed by atoms with Crippen molar-refractivity contribution in [1.82, 2.24) is 4.72 Å². The lowest BCUT2D eigenvalue weighted by molar-refractivity contribution is 0.340. The number of rotatable bonds is 7. The minimum Gasteiger partial charge on any atom is -0.494 e. The van der Waals surface area contributed by atoms with Gasteiger partial charge in [0.2, 0.25) is 0 Å². The van der Waals surface area contributed by atoms with Crippen molar-refractivity contribution in [3.8, 4) is 5.75 Å². The Balaban J connectivity index is 2.62. The summed E-state index contributed by atoms with van der Waals surface area (Å²) >= 11 is 0. The third kappa shape index (κ3) is 5.06. The molecule has 0 aromatic heterocycles. The first kappa shape index (κ1) is 13.8. The van der Waals surface area contributed by atoms with E-state index in [-0.39, 0.29) is 0 Å². The average Bonchev–Trinajstić information content (AvgIpc) is 2.29. The lowest BCUT2D eigenvalue weighted by Crippen LogP contribution is -2.30. The standard InChI is InChI=1S/C11H18N2O3S/c1-3-9-12-17(14,15)13-10-5-7-11(8-6-10)16-4-2/h5-8,12-13H,3-4,9H2,1-2H3. The number of benzene rings is 1. The van der Waals surface area contributed by atoms with Crippen LogP contribution >= 0.6 is 0 Å². The highest BCUT2D eigenvalue weighted by Gasteiger charge is 2.07. The van der Waals surface area contributed by atoms with Crippen molar-refractivity contribution in [3.63, 3.8) is 0 Å². The Bertz CT molecular complexity index is 429. The minimum absolute atomic E-state index is 0.423. The highest BCUT2D eigenvalue weighted by molar-refractivity contribution is 7.90. The zero-order valence-corrected chi connectivity index (χ0v) is 10.9. The second kappa shape index (κ2) is 6.46. The van der Waals surface area contributed by atoms with Crippen molar-refractivity contribution in [2.45, 2.75) is 20.3 Å². The Morgan fingerprint density at radius 2 is 1.82 bits per heavy atom. The molecule has 0 amide bonds. The summed E-state index contributed by atoms with van der Waals surface area (Å²) in [7, 11) is -3.46. The summed E-state index contributed by atoms with van der Waals surface area (Å²) in [6.45, 7) is 4.81. The molecule has 0 aliphatic carbocycles. The van der Waals surface area contributed by atoms with Gasteiger partial charge in [-0.25, -0.2) is 0 Å². The Kier molecular flexibility index (Phi) is 5.24. The van der Waals surface area contributed by atoms with Crippen molar-refractivity contribution >= 4 is 15.9 Å². The van der Waals surface area contributed by atoms with Gasteiger partial charge in [-0.3, -0.25) is 4.72 Å². The maximum Gasteiger partial charge on any atom is 0.299 e. The second-order valence-corrected chi connectivity index (χ2v) is 4.96. The molecular formula is C11H18N2O3S. The third-order valence-corrected chi connectivity index (χ3v) is 3.05. The molecule has 0 saturated heterocycles. The predicted octanol–water partition coefficient (Wildman–Crippen LogP) is 1.74. The number of anilines is 1. The van der Waals surface area contributed by atoms with Gasteiger partial charge >= 0.3 is 0 Å². The molecule has 0 heterocycles. The maximum absolute atomic E-state index is 11.5. The van der Waals surface area contributed by atoms with Crippen molar-refractivity contribution in [1.29, 1.82) is 0 Å². The molecule has 6 heteroatoms. The van der Waals surface area contributed by atoms with E-state index in [0.717, 1.165) is 12.2 Å². The Morgan fingerprint density at radius 3 is 2.35 bits per heavy atom. The van der Waals surface area contributed by atoms with Crippen LogP contribution in [0.15, 0.2) is 24.3 Å². The van der Waals surface area contributed by atoms with Crippen LogP contribution in [0.25, 0.3) is 0 Å². The molecule has 0 radical (unpaired) electrons. The number of nitrogens with one attached hydrogen (secondary N) is 2. The van der Waals surface area contributed by atoms with Crippen LogP contribution in [0.1, 0.15) is 20.3 Å². The zero-order valence-electron chi connectivity index (χ0n) is 10.1. The second-order valence-electron chi connectivity index (χ2n) is 3.46. The fraction of sp³-hybridized carbons (Fsp3) is 0.455. The zero-order chi connectivity index (χ0) is 12.7. The van der Waals surface area contributed by atoms with Crippen LogP contribution < -0.4 is 14.2 Å². The van der Waals surface area contributed by atoms with Gasteiger partial charge in [-0.15, -0.1) is 0 Å². The van der Waals surface area contributed by atoms with Gasteiger partial charge in [-0.05, 0) is 37.6 Å². The molecule has 0 bridgehead atoms. The van der Waals surface area contributed by atoms with E-state index < -0.39 is 10.2 Å². The Morgan fingerprint density at radius 1 is 1.18 bits per heavy atom. The summed E-state index contributed by atoms with van der Waals surface area (Å²) < 4.78 is 33.1. The molecule has 5 nitrogen and oxygen atoms in total. The Labute approximate surface area is 102 Å². The van der Waals surface area contributed by atoms with E-state index in [9.17, 15) is 8.42 Å². The Hall–Kier alpha value is -1.27. The maximum atomic E-state index is 11.5. The monoisotopic (exact) mass is 258 g/mol. The topological polar surface area (TPSA) is 67.4 Å². The van der Waals surface area contributed by atoms with Crippen LogP contribution in [-0.2, 0) is 10.2 Å². The van der Waals surface area contributed by atoms with Crippen LogP contribution in [0.4, 0.5) is 5.69 Å². The van der Waals surface area contributed by atoms with Crippen LogP contribution in [0.2, 0.25) is 0 Å². The molecule has 96 valence electrons. The van der Waals surface area contributed by atoms with E-state index in [1.54, 1.807) is 24.3 Å². The first-order valence-electron chi connectivity index (χ1n) is 5.57. The van der Waals surface area contributed by atoms with Crippen molar-refractivity contribution in [2.75, 3.05) is 17.9 Å². The summed E-state index contributed by atoms with van der Waals surface area (Å²) in [5.74, 6) is 0.719. The summed E-state index contributed by atoms with van der Waals surface area (Å²) in [6.07, 6.45) is 0.754. The molecule has 1 aromatic carbocycles. The fourth-order valence-corrected chi connectivity index (χ4v) is 2.20. The number of hydrogen-bond donors (Lipinski definition) is 2. The van der Waals surface area contributed by atoms with E-state index in [1.165, 1.54) is 0 Å². The van der Waals surface area contributed by atoms with Gasteiger partial charge in [0.1, 0.15) is 5.75 Å². The molecule has 0 aliphatic heterocycles. The molecule has 0 fully saturated rings. The molecule has 1 aromatic rings. The highest BCUT2D eigenvalue weighted by atomic mass is 32.2. The average molecular weight is 258 g/mol. The molecule has 1 rings (SSSR count). The third-order valence-electron chi connectivity index (χ3n) is 1.96. The van der Waals surface area contributed by atoms with E-state index in [4.69, 9.17) is 4.74 Å². The summed E-state index contributed by atoms with van der Waals surface area (Å²) in [5.41, 5.74) is 0.511. The smallest absolute Gasteiger partial charge is 0.299 e. The van der Waals surface area contributed by atoms with Crippen molar-refractivity contribution < 1.29 is 13.2 Å². The van der Waals surface area contributed by atoms with Crippen molar-refractivity contribution in [2.24, 2.45) is 0 Å². The van der Waals surface area contributed by atoms with Crippen LogP contribution in [-0.4, -0.2) is 21.6 Å². The quantitative estimate of drug-likeness (QED) is 0.783. The molecule has 0 aliphatic rings. The molecule has 0 unspecified atom stereocenters. The van der Waals surface area contributed by atoms with Gasteiger partial charge in [-0.2, -0.15) is 13.1 Å². The van der Waals surface area contributed by atoms with Gasteiger partial charge in [0.15, 0.2) is 0 Å². The van der Waals surface area contributed by atoms with Gasteiger partial charge in [0.25, 0.3) is 10.2 Å². The van der Waals surface area contributed by atoms with Gasteiger partial charge in [0, 0.05) is 12.2 Å². The summed E-state index contributed by atoms with van der Waals surface area (Å²) in [6, 6.07) is 6.77. The van der Waals surface area contributed by atoms with E-state index >= 15 is 0 Å². The first-order valence-corrected chi connectivity index (χ1v) is 7.06. The molecule has 2 N–H and O–H groups in total. The van der Waals surface area contributed by atoms with E-state index in [2.05, 4.69) is 9.44 Å². The van der Waals surface area contributed by atoms with Crippen LogP contribution in [0.3, 0.4) is 0 Å². The number of ether oxygens (including phenoxy) is 1. The first-order chi connectivity index (χ1) is 8.07. The predicted molar refractivity (Wildman–Crippen MR) is 68.4 cm³/mol. The summed E-state index contributed by atoms with van der Waals surface area (Å²) in [4.78, 5) is 0. The minimum atomic E-state index is -3.46. The molecular weight excluding hydrogens is 240 g/mol. The molecule has 0 saturated carbocycles.